The van der Waals surface area contributed by atoms with Crippen LogP contribution in [0.2, 0.25) is 0 Å². The van der Waals surface area contributed by atoms with Crippen molar-refractivity contribution < 1.29 is 0 Å². The Bertz CT molecular complexity index is 303. The number of hydrogen-bond donors (Lipinski definition) is 0. The zero-order valence-electron chi connectivity index (χ0n) is 5.64. The molecule has 0 saturated carbocycles. The summed E-state index contributed by atoms with van der Waals surface area (Å²) in [5.74, 6) is 0.385. The van der Waals surface area contributed by atoms with E-state index in [1.165, 1.54) is 0 Å². The fourth-order valence-corrected chi connectivity index (χ4v) is 1.36. The standard InChI is InChI=1S/C8H5BrClN/c9-8-2-1-6(4-10)7(3-8)5-11/h1-3H,4H2. The Morgan fingerprint density at radius 1 is 1.55 bits per heavy atom. The predicted octanol–water partition coefficient (Wildman–Crippen LogP) is 3.06. The number of rotatable bonds is 1. The fraction of sp³-hybridized carbons (Fsp3) is 0.125. The molecule has 0 fully saturated rings. The van der Waals surface area contributed by atoms with Gasteiger partial charge in [0.1, 0.15) is 0 Å². The lowest BCUT2D eigenvalue weighted by Gasteiger charge is -1.97. The first kappa shape index (κ1) is 8.58. The zero-order valence-corrected chi connectivity index (χ0v) is 7.98. The van der Waals surface area contributed by atoms with E-state index in [2.05, 4.69) is 22.0 Å². The molecular formula is C8H5BrClN. The summed E-state index contributed by atoms with van der Waals surface area (Å²) in [6, 6.07) is 7.55. The predicted molar refractivity (Wildman–Crippen MR) is 48.4 cm³/mol. The third-order valence-corrected chi connectivity index (χ3v) is 2.12. The quantitative estimate of drug-likeness (QED) is 0.680. The SMILES string of the molecule is N#Cc1cc(Br)ccc1CCl. The second-order valence-electron chi connectivity index (χ2n) is 2.05. The van der Waals surface area contributed by atoms with Gasteiger partial charge in [0.05, 0.1) is 11.6 Å². The van der Waals surface area contributed by atoms with Crippen molar-refractivity contribution in [1.82, 2.24) is 0 Å². The van der Waals surface area contributed by atoms with Crippen LogP contribution in [0.15, 0.2) is 22.7 Å². The Labute approximate surface area is 78.7 Å². The average Bonchev–Trinajstić information content (AvgIpc) is 2.04. The largest absolute Gasteiger partial charge is 0.192 e. The van der Waals surface area contributed by atoms with E-state index < -0.39 is 0 Å². The van der Waals surface area contributed by atoms with Crippen molar-refractivity contribution in [3.63, 3.8) is 0 Å². The molecule has 0 heterocycles. The summed E-state index contributed by atoms with van der Waals surface area (Å²) in [5.41, 5.74) is 1.51. The molecule has 56 valence electrons. The molecule has 1 rings (SSSR count). The summed E-state index contributed by atoms with van der Waals surface area (Å²) >= 11 is 8.87. The first-order chi connectivity index (χ1) is 5.27. The van der Waals surface area contributed by atoms with Gasteiger partial charge in [0.15, 0.2) is 0 Å². The Balaban J connectivity index is 3.19. The summed E-state index contributed by atoms with van der Waals surface area (Å²) < 4.78 is 0.905. The van der Waals surface area contributed by atoms with Crippen molar-refractivity contribution in [2.75, 3.05) is 0 Å². The van der Waals surface area contributed by atoms with Crippen LogP contribution in [-0.2, 0) is 5.88 Å². The van der Waals surface area contributed by atoms with Gasteiger partial charge in [-0.1, -0.05) is 22.0 Å². The second-order valence-corrected chi connectivity index (χ2v) is 3.23. The van der Waals surface area contributed by atoms with Crippen molar-refractivity contribution in [2.24, 2.45) is 0 Å². The van der Waals surface area contributed by atoms with Crippen LogP contribution >= 0.6 is 27.5 Å². The molecule has 0 aliphatic heterocycles. The summed E-state index contributed by atoms with van der Waals surface area (Å²) in [7, 11) is 0. The maximum Gasteiger partial charge on any atom is 0.0995 e. The molecule has 1 aromatic rings. The maximum absolute atomic E-state index is 8.64. The zero-order chi connectivity index (χ0) is 8.27. The van der Waals surface area contributed by atoms with Gasteiger partial charge in [-0.15, -0.1) is 11.6 Å². The normalized spacial score (nSPS) is 9.18. The summed E-state index contributed by atoms with van der Waals surface area (Å²) in [6.07, 6.45) is 0. The maximum atomic E-state index is 8.64. The van der Waals surface area contributed by atoms with Crippen molar-refractivity contribution in [3.05, 3.63) is 33.8 Å². The molecule has 3 heteroatoms. The van der Waals surface area contributed by atoms with Crippen LogP contribution in [0.4, 0.5) is 0 Å². The molecule has 0 radical (unpaired) electrons. The Kier molecular flexibility index (Phi) is 2.92. The molecule has 11 heavy (non-hydrogen) atoms. The molecular weight excluding hydrogens is 225 g/mol. The summed E-state index contributed by atoms with van der Waals surface area (Å²) in [5, 5.41) is 8.64. The Morgan fingerprint density at radius 3 is 2.82 bits per heavy atom. The number of benzene rings is 1. The van der Waals surface area contributed by atoms with Gasteiger partial charge in [0, 0.05) is 10.4 Å². The minimum absolute atomic E-state index is 0.385. The number of nitriles is 1. The van der Waals surface area contributed by atoms with E-state index in [0.29, 0.717) is 11.4 Å². The molecule has 0 spiro atoms. The highest BCUT2D eigenvalue weighted by molar-refractivity contribution is 9.10. The summed E-state index contributed by atoms with van der Waals surface area (Å²) in [4.78, 5) is 0. The monoisotopic (exact) mass is 229 g/mol. The van der Waals surface area contributed by atoms with Crippen molar-refractivity contribution in [2.45, 2.75) is 5.88 Å². The molecule has 0 N–H and O–H groups in total. The molecule has 1 nitrogen and oxygen atoms in total. The number of hydrogen-bond acceptors (Lipinski definition) is 1. The van der Waals surface area contributed by atoms with Crippen molar-refractivity contribution in [3.8, 4) is 6.07 Å². The first-order valence-corrected chi connectivity index (χ1v) is 4.35. The molecule has 0 aromatic heterocycles. The van der Waals surface area contributed by atoms with Gasteiger partial charge in [0.2, 0.25) is 0 Å². The average molecular weight is 230 g/mol. The topological polar surface area (TPSA) is 23.8 Å². The molecule has 0 amide bonds. The number of halogens is 2. The van der Waals surface area contributed by atoms with Gasteiger partial charge in [-0.3, -0.25) is 0 Å². The van der Waals surface area contributed by atoms with Crippen LogP contribution < -0.4 is 0 Å². The van der Waals surface area contributed by atoms with Gasteiger partial charge in [-0.05, 0) is 17.7 Å². The molecule has 0 atom stereocenters. The highest BCUT2D eigenvalue weighted by Crippen LogP contribution is 2.17. The number of nitrogens with zero attached hydrogens (tertiary/aromatic N) is 1. The Morgan fingerprint density at radius 2 is 2.27 bits per heavy atom. The van der Waals surface area contributed by atoms with E-state index in [1.807, 2.05) is 12.1 Å². The van der Waals surface area contributed by atoms with Crippen LogP contribution in [0.25, 0.3) is 0 Å². The third-order valence-electron chi connectivity index (χ3n) is 1.34. The van der Waals surface area contributed by atoms with E-state index in [1.54, 1.807) is 6.07 Å². The van der Waals surface area contributed by atoms with E-state index in [-0.39, 0.29) is 0 Å². The van der Waals surface area contributed by atoms with Gasteiger partial charge >= 0.3 is 0 Å². The fourth-order valence-electron chi connectivity index (χ4n) is 0.769. The molecule has 0 aliphatic rings. The lowest BCUT2D eigenvalue weighted by atomic mass is 10.1. The summed E-state index contributed by atoms with van der Waals surface area (Å²) in [6.45, 7) is 0. The van der Waals surface area contributed by atoms with Crippen molar-refractivity contribution >= 4 is 27.5 Å². The lowest BCUT2D eigenvalue weighted by molar-refractivity contribution is 1.34. The molecule has 1 aromatic carbocycles. The van der Waals surface area contributed by atoms with Gasteiger partial charge < -0.3 is 0 Å². The van der Waals surface area contributed by atoms with Crippen LogP contribution in [-0.4, -0.2) is 0 Å². The van der Waals surface area contributed by atoms with Crippen LogP contribution in [0.3, 0.4) is 0 Å². The molecule has 0 saturated heterocycles. The number of alkyl halides is 1. The van der Waals surface area contributed by atoms with Gasteiger partial charge in [0.25, 0.3) is 0 Å². The third kappa shape index (κ3) is 1.95. The van der Waals surface area contributed by atoms with E-state index in [4.69, 9.17) is 16.9 Å². The lowest BCUT2D eigenvalue weighted by Crippen LogP contribution is -1.84. The van der Waals surface area contributed by atoms with Gasteiger partial charge in [-0.2, -0.15) is 5.26 Å². The molecule has 0 bridgehead atoms. The minimum atomic E-state index is 0.385. The Hall–Kier alpha value is -0.520. The van der Waals surface area contributed by atoms with Crippen LogP contribution in [0.1, 0.15) is 11.1 Å². The highest BCUT2D eigenvalue weighted by atomic mass is 79.9. The van der Waals surface area contributed by atoms with E-state index in [9.17, 15) is 0 Å². The highest BCUT2D eigenvalue weighted by Gasteiger charge is 1.99. The molecule has 0 unspecified atom stereocenters. The minimum Gasteiger partial charge on any atom is -0.192 e. The van der Waals surface area contributed by atoms with Gasteiger partial charge in [-0.25, -0.2) is 0 Å². The van der Waals surface area contributed by atoms with Crippen LogP contribution in [0.5, 0.6) is 0 Å². The molecule has 0 aliphatic carbocycles. The van der Waals surface area contributed by atoms with E-state index >= 15 is 0 Å². The smallest absolute Gasteiger partial charge is 0.0995 e. The van der Waals surface area contributed by atoms with E-state index in [0.717, 1.165) is 10.0 Å². The first-order valence-electron chi connectivity index (χ1n) is 3.02. The second kappa shape index (κ2) is 3.75. The van der Waals surface area contributed by atoms with Crippen LogP contribution in [0, 0.1) is 11.3 Å². The van der Waals surface area contributed by atoms with Crippen molar-refractivity contribution in [1.29, 1.82) is 5.26 Å².